The third kappa shape index (κ3) is 7.08. The molecule has 2 N–H and O–H groups in total. The van der Waals surface area contributed by atoms with Gasteiger partial charge in [-0.25, -0.2) is 0 Å². The van der Waals surface area contributed by atoms with Crippen LogP contribution in [0, 0.1) is 5.92 Å². The second kappa shape index (κ2) is 12.0. The summed E-state index contributed by atoms with van der Waals surface area (Å²) in [5.41, 5.74) is 0. The van der Waals surface area contributed by atoms with Crippen molar-refractivity contribution in [3.05, 3.63) is 0 Å². The van der Waals surface area contributed by atoms with Crippen LogP contribution in [-0.4, -0.2) is 72.8 Å². The van der Waals surface area contributed by atoms with E-state index in [1.165, 1.54) is 0 Å². The van der Waals surface area contributed by atoms with Crippen molar-refractivity contribution < 1.29 is 14.4 Å². The van der Waals surface area contributed by atoms with Crippen molar-refractivity contribution in [3.63, 3.8) is 0 Å². The van der Waals surface area contributed by atoms with Gasteiger partial charge in [0.2, 0.25) is 17.7 Å². The predicted octanol–water partition coefficient (Wildman–Crippen LogP) is 1.52. The zero-order valence-electron chi connectivity index (χ0n) is 17.7. The largest absolute Gasteiger partial charge is 0.354 e. The van der Waals surface area contributed by atoms with E-state index < -0.39 is 0 Å². The molecule has 7 heteroatoms. The molecule has 2 heterocycles. The number of carbonyl (C=O) groups excluding carboxylic acids is 3. The maximum Gasteiger partial charge on any atom is 0.237 e. The fourth-order valence-corrected chi connectivity index (χ4v) is 4.17. The van der Waals surface area contributed by atoms with Gasteiger partial charge in [-0.2, -0.15) is 0 Å². The van der Waals surface area contributed by atoms with Crippen molar-refractivity contribution in [3.8, 4) is 0 Å². The number of piperidine rings is 1. The minimum atomic E-state index is -0.0541. The summed E-state index contributed by atoms with van der Waals surface area (Å²) in [6, 6.07) is -0.0541. The molecule has 2 aliphatic heterocycles. The minimum absolute atomic E-state index is 0.0541. The Morgan fingerprint density at radius 2 is 1.82 bits per heavy atom. The average molecular weight is 395 g/mol. The number of likely N-dealkylation sites (tertiary alicyclic amines) is 1. The molecule has 0 saturated carbocycles. The third-order valence-corrected chi connectivity index (χ3v) is 5.71. The Balaban J connectivity index is 1.72. The molecule has 7 nitrogen and oxygen atoms in total. The van der Waals surface area contributed by atoms with Crippen LogP contribution in [-0.2, 0) is 14.4 Å². The highest BCUT2D eigenvalue weighted by Gasteiger charge is 2.26. The average Bonchev–Trinajstić information content (AvgIpc) is 3.25. The summed E-state index contributed by atoms with van der Waals surface area (Å²) in [6.07, 6.45) is 6.41. The first-order chi connectivity index (χ1) is 13.5. The van der Waals surface area contributed by atoms with Crippen LogP contribution in [0.2, 0.25) is 0 Å². The monoisotopic (exact) mass is 394 g/mol. The van der Waals surface area contributed by atoms with Crippen LogP contribution in [0.3, 0.4) is 0 Å². The van der Waals surface area contributed by atoms with Gasteiger partial charge in [-0.3, -0.25) is 14.4 Å². The number of hydrogen-bond donors (Lipinski definition) is 2. The van der Waals surface area contributed by atoms with E-state index >= 15 is 0 Å². The molecule has 0 aliphatic carbocycles. The first-order valence-corrected chi connectivity index (χ1v) is 11.1. The highest BCUT2D eigenvalue weighted by Crippen LogP contribution is 2.17. The smallest absolute Gasteiger partial charge is 0.237 e. The number of amides is 3. The summed E-state index contributed by atoms with van der Waals surface area (Å²) in [7, 11) is 0. The molecule has 0 radical (unpaired) electrons. The number of rotatable bonds is 10. The molecule has 2 unspecified atom stereocenters. The quantitative estimate of drug-likeness (QED) is 0.589. The van der Waals surface area contributed by atoms with E-state index in [0.29, 0.717) is 25.4 Å². The summed E-state index contributed by atoms with van der Waals surface area (Å²) < 4.78 is 0. The predicted molar refractivity (Wildman–Crippen MR) is 110 cm³/mol. The Morgan fingerprint density at radius 1 is 1.07 bits per heavy atom. The topological polar surface area (TPSA) is 81.8 Å². The number of nitrogens with zero attached hydrogens (tertiary/aromatic N) is 2. The highest BCUT2D eigenvalue weighted by molar-refractivity contribution is 5.84. The zero-order valence-corrected chi connectivity index (χ0v) is 17.7. The maximum atomic E-state index is 12.6. The number of hydrogen-bond acceptors (Lipinski definition) is 4. The van der Waals surface area contributed by atoms with Crippen molar-refractivity contribution in [2.24, 2.45) is 5.92 Å². The lowest BCUT2D eigenvalue weighted by molar-refractivity contribution is -0.138. The molecule has 2 fully saturated rings. The van der Waals surface area contributed by atoms with Gasteiger partial charge in [0.25, 0.3) is 0 Å². The van der Waals surface area contributed by atoms with Crippen molar-refractivity contribution in [1.29, 1.82) is 0 Å². The number of nitrogens with one attached hydrogen (secondary N) is 2. The van der Waals surface area contributed by atoms with Crippen LogP contribution >= 0.6 is 0 Å². The second-order valence-electron chi connectivity index (χ2n) is 8.12. The van der Waals surface area contributed by atoms with Crippen LogP contribution < -0.4 is 10.6 Å². The fourth-order valence-electron chi connectivity index (χ4n) is 4.17. The normalized spacial score (nSPS) is 22.1. The Kier molecular flexibility index (Phi) is 9.75. The first-order valence-electron chi connectivity index (χ1n) is 11.1. The van der Waals surface area contributed by atoms with Gasteiger partial charge in [0.15, 0.2) is 0 Å². The third-order valence-electron chi connectivity index (χ3n) is 5.71. The van der Waals surface area contributed by atoms with E-state index in [0.717, 1.165) is 64.7 Å². The molecule has 2 rings (SSSR count). The SMILES string of the molecule is CCCN(CCC)C(=O)CCC(=O)N1CCCC(CNC(=O)C2CCCN2)C1. The molecule has 0 bridgehead atoms. The summed E-state index contributed by atoms with van der Waals surface area (Å²) in [5.74, 6) is 0.533. The van der Waals surface area contributed by atoms with Gasteiger partial charge in [0, 0.05) is 45.6 Å². The summed E-state index contributed by atoms with van der Waals surface area (Å²) in [4.78, 5) is 40.9. The maximum absolute atomic E-state index is 12.6. The van der Waals surface area contributed by atoms with Gasteiger partial charge in [0.05, 0.1) is 6.04 Å². The van der Waals surface area contributed by atoms with E-state index in [1.54, 1.807) is 0 Å². The van der Waals surface area contributed by atoms with Crippen LogP contribution in [0.4, 0.5) is 0 Å². The molecular formula is C21H38N4O3. The van der Waals surface area contributed by atoms with Crippen LogP contribution in [0.15, 0.2) is 0 Å². The fraction of sp³-hybridized carbons (Fsp3) is 0.857. The van der Waals surface area contributed by atoms with Crippen LogP contribution in [0.25, 0.3) is 0 Å². The van der Waals surface area contributed by atoms with Crippen molar-refractivity contribution in [2.75, 3.05) is 39.3 Å². The van der Waals surface area contributed by atoms with E-state index in [9.17, 15) is 14.4 Å². The van der Waals surface area contributed by atoms with Gasteiger partial charge in [0.1, 0.15) is 0 Å². The van der Waals surface area contributed by atoms with E-state index in [2.05, 4.69) is 24.5 Å². The molecule has 160 valence electrons. The summed E-state index contributed by atoms with van der Waals surface area (Å²) in [5, 5.41) is 6.26. The molecule has 2 aliphatic rings. The number of carbonyl (C=O) groups is 3. The Hall–Kier alpha value is -1.63. The van der Waals surface area contributed by atoms with E-state index in [1.807, 2.05) is 9.80 Å². The van der Waals surface area contributed by atoms with Crippen LogP contribution in [0.5, 0.6) is 0 Å². The molecule has 3 amide bonds. The molecule has 0 spiro atoms. The van der Waals surface area contributed by atoms with E-state index in [4.69, 9.17) is 0 Å². The van der Waals surface area contributed by atoms with Gasteiger partial charge in [-0.15, -0.1) is 0 Å². The van der Waals surface area contributed by atoms with Gasteiger partial charge in [-0.05, 0) is 51.0 Å². The zero-order chi connectivity index (χ0) is 20.4. The summed E-state index contributed by atoms with van der Waals surface area (Å²) >= 11 is 0. The lowest BCUT2D eigenvalue weighted by atomic mass is 9.97. The molecule has 0 aromatic heterocycles. The lowest BCUT2D eigenvalue weighted by Gasteiger charge is -2.33. The summed E-state index contributed by atoms with van der Waals surface area (Å²) in [6.45, 7) is 8.64. The Labute approximate surface area is 169 Å². The van der Waals surface area contributed by atoms with E-state index in [-0.39, 0.29) is 30.2 Å². The molecule has 2 atom stereocenters. The highest BCUT2D eigenvalue weighted by atomic mass is 16.2. The minimum Gasteiger partial charge on any atom is -0.354 e. The lowest BCUT2D eigenvalue weighted by Crippen LogP contribution is -2.46. The van der Waals surface area contributed by atoms with Crippen LogP contribution in [0.1, 0.15) is 65.2 Å². The van der Waals surface area contributed by atoms with Crippen molar-refractivity contribution in [1.82, 2.24) is 20.4 Å². The van der Waals surface area contributed by atoms with Gasteiger partial charge < -0.3 is 20.4 Å². The van der Waals surface area contributed by atoms with Gasteiger partial charge >= 0.3 is 0 Å². The Morgan fingerprint density at radius 3 is 2.46 bits per heavy atom. The first kappa shape index (κ1) is 22.7. The molecule has 0 aromatic rings. The molecule has 2 saturated heterocycles. The standard InChI is InChI=1S/C21H38N4O3/c1-3-12-24(13-4-2)19(26)9-10-20(27)25-14-6-7-17(16-25)15-23-21(28)18-8-5-11-22-18/h17-18,22H,3-16H2,1-2H3,(H,23,28). The molecular weight excluding hydrogens is 356 g/mol. The van der Waals surface area contributed by atoms with Gasteiger partial charge in [-0.1, -0.05) is 13.8 Å². The molecule has 28 heavy (non-hydrogen) atoms. The molecule has 0 aromatic carbocycles. The second-order valence-corrected chi connectivity index (χ2v) is 8.12. The van der Waals surface area contributed by atoms with Crippen molar-refractivity contribution in [2.45, 2.75) is 71.3 Å². The van der Waals surface area contributed by atoms with Crippen molar-refractivity contribution >= 4 is 17.7 Å². The Bertz CT molecular complexity index is 514.